The van der Waals surface area contributed by atoms with Crippen molar-refractivity contribution in [1.29, 1.82) is 0 Å². The van der Waals surface area contributed by atoms with E-state index >= 15 is 0 Å². The zero-order valence-corrected chi connectivity index (χ0v) is 16.4. The predicted octanol–water partition coefficient (Wildman–Crippen LogP) is 1.95. The number of benzene rings is 1. The van der Waals surface area contributed by atoms with Crippen LogP contribution in [0.25, 0.3) is 5.82 Å². The smallest absolute Gasteiger partial charge is 0.223 e. The van der Waals surface area contributed by atoms with Crippen LogP contribution in [0.15, 0.2) is 55.1 Å². The maximum absolute atomic E-state index is 12.6. The van der Waals surface area contributed by atoms with Gasteiger partial charge in [-0.3, -0.25) is 4.79 Å². The van der Waals surface area contributed by atoms with Crippen LogP contribution < -0.4 is 9.64 Å². The molecular weight excluding hydrogens is 368 g/mol. The predicted molar refractivity (Wildman–Crippen MR) is 109 cm³/mol. The number of carbonyl (C=O) groups excluding carboxylic acids is 1. The molecule has 0 atom stereocenters. The number of rotatable bonds is 6. The molecule has 0 saturated carbocycles. The maximum atomic E-state index is 12.6. The number of carbonyl (C=O) groups is 1. The average Bonchev–Trinajstić information content (AvgIpc) is 3.33. The minimum absolute atomic E-state index is 0.195. The van der Waals surface area contributed by atoms with Crippen LogP contribution in [0.3, 0.4) is 0 Å². The van der Waals surface area contributed by atoms with E-state index in [-0.39, 0.29) is 5.91 Å². The van der Waals surface area contributed by atoms with Gasteiger partial charge in [0.2, 0.25) is 5.91 Å². The molecule has 0 aliphatic carbocycles. The number of hydrogen-bond acceptors (Lipinski definition) is 6. The number of aryl methyl sites for hydroxylation is 1. The summed E-state index contributed by atoms with van der Waals surface area (Å²) < 4.78 is 6.88. The van der Waals surface area contributed by atoms with Gasteiger partial charge in [-0.2, -0.15) is 5.10 Å². The lowest BCUT2D eigenvalue weighted by Crippen LogP contribution is -2.49. The summed E-state index contributed by atoms with van der Waals surface area (Å²) in [5.74, 6) is 2.62. The monoisotopic (exact) mass is 392 g/mol. The highest BCUT2D eigenvalue weighted by Crippen LogP contribution is 2.17. The Hall–Kier alpha value is -3.42. The number of nitrogens with zero attached hydrogens (tertiary/aromatic N) is 6. The minimum Gasteiger partial charge on any atom is -0.497 e. The van der Waals surface area contributed by atoms with Crippen LogP contribution in [0.2, 0.25) is 0 Å². The summed E-state index contributed by atoms with van der Waals surface area (Å²) in [5.41, 5.74) is 1.14. The molecule has 3 heterocycles. The molecular formula is C21H24N6O2. The van der Waals surface area contributed by atoms with Gasteiger partial charge in [-0.25, -0.2) is 14.6 Å². The van der Waals surface area contributed by atoms with E-state index in [0.717, 1.165) is 42.5 Å². The van der Waals surface area contributed by atoms with Crippen molar-refractivity contribution in [1.82, 2.24) is 24.6 Å². The van der Waals surface area contributed by atoms with E-state index < -0.39 is 0 Å². The molecule has 1 fully saturated rings. The summed E-state index contributed by atoms with van der Waals surface area (Å²) in [5, 5.41) is 4.21. The van der Waals surface area contributed by atoms with E-state index in [1.54, 1.807) is 24.3 Å². The third-order valence-corrected chi connectivity index (χ3v) is 5.12. The Labute approximate surface area is 169 Å². The normalized spacial score (nSPS) is 14.1. The van der Waals surface area contributed by atoms with Crippen LogP contribution in [0.4, 0.5) is 5.82 Å². The zero-order valence-electron chi connectivity index (χ0n) is 16.4. The largest absolute Gasteiger partial charge is 0.497 e. The number of aromatic nitrogens is 4. The Bertz CT molecular complexity index is 934. The van der Waals surface area contributed by atoms with E-state index in [1.807, 2.05) is 47.5 Å². The SMILES string of the molecule is COc1ccc(CCC(=O)N2CCN(c3cc(-n4cccn4)ncn3)CC2)cc1. The quantitative estimate of drug-likeness (QED) is 0.638. The van der Waals surface area contributed by atoms with Gasteiger partial charge in [0, 0.05) is 51.1 Å². The Balaban J connectivity index is 1.30. The third kappa shape index (κ3) is 4.53. The molecule has 1 aliphatic rings. The Morgan fingerprint density at radius 3 is 2.52 bits per heavy atom. The molecule has 2 aromatic heterocycles. The number of anilines is 1. The first-order valence-corrected chi connectivity index (χ1v) is 9.70. The lowest BCUT2D eigenvalue weighted by Gasteiger charge is -2.35. The molecule has 1 amide bonds. The second kappa shape index (κ2) is 8.72. The molecule has 1 aromatic carbocycles. The molecule has 0 bridgehead atoms. The van der Waals surface area contributed by atoms with Crippen molar-refractivity contribution in [3.05, 3.63) is 60.7 Å². The fraction of sp³-hybridized carbons (Fsp3) is 0.333. The van der Waals surface area contributed by atoms with Crippen LogP contribution in [0.1, 0.15) is 12.0 Å². The van der Waals surface area contributed by atoms with Crippen molar-refractivity contribution in [2.45, 2.75) is 12.8 Å². The number of methoxy groups -OCH3 is 1. The van der Waals surface area contributed by atoms with E-state index in [9.17, 15) is 4.79 Å². The molecule has 1 aliphatic heterocycles. The molecule has 150 valence electrons. The first-order chi connectivity index (χ1) is 14.2. The number of amides is 1. The van der Waals surface area contributed by atoms with Crippen LogP contribution in [-0.2, 0) is 11.2 Å². The highest BCUT2D eigenvalue weighted by Gasteiger charge is 2.22. The Morgan fingerprint density at radius 2 is 1.83 bits per heavy atom. The summed E-state index contributed by atoms with van der Waals surface area (Å²) in [6, 6.07) is 11.7. The van der Waals surface area contributed by atoms with Crippen molar-refractivity contribution in [3.8, 4) is 11.6 Å². The van der Waals surface area contributed by atoms with Gasteiger partial charge >= 0.3 is 0 Å². The molecule has 0 spiro atoms. The molecule has 1 saturated heterocycles. The summed E-state index contributed by atoms with van der Waals surface area (Å²) in [6.45, 7) is 2.90. The lowest BCUT2D eigenvalue weighted by atomic mass is 10.1. The fourth-order valence-electron chi connectivity index (χ4n) is 3.43. The van der Waals surface area contributed by atoms with Gasteiger partial charge in [-0.1, -0.05) is 12.1 Å². The van der Waals surface area contributed by atoms with Gasteiger partial charge in [0.25, 0.3) is 0 Å². The van der Waals surface area contributed by atoms with Gasteiger partial charge in [0.05, 0.1) is 7.11 Å². The first-order valence-electron chi connectivity index (χ1n) is 9.70. The second-order valence-corrected chi connectivity index (χ2v) is 6.90. The summed E-state index contributed by atoms with van der Waals surface area (Å²) in [7, 11) is 1.65. The first kappa shape index (κ1) is 18.9. The number of piperazine rings is 1. The Kier molecular flexibility index (Phi) is 5.69. The number of ether oxygens (including phenoxy) is 1. The van der Waals surface area contributed by atoms with Gasteiger partial charge < -0.3 is 14.5 Å². The average molecular weight is 392 g/mol. The lowest BCUT2D eigenvalue weighted by molar-refractivity contribution is -0.131. The summed E-state index contributed by atoms with van der Waals surface area (Å²) in [6.07, 6.45) is 6.38. The van der Waals surface area contributed by atoms with Gasteiger partial charge in [-0.05, 0) is 30.2 Å². The van der Waals surface area contributed by atoms with Crippen molar-refractivity contribution < 1.29 is 9.53 Å². The van der Waals surface area contributed by atoms with E-state index in [2.05, 4.69) is 20.0 Å². The standard InChI is InChI=1S/C21H24N6O2/c1-29-18-6-3-17(4-7-18)5-8-21(28)26-13-11-25(12-14-26)19-15-20(23-16-22-19)27-10-2-9-24-27/h2-4,6-7,9-10,15-16H,5,8,11-14H2,1H3. The topological polar surface area (TPSA) is 76.4 Å². The van der Waals surface area contributed by atoms with Crippen LogP contribution in [0.5, 0.6) is 5.75 Å². The van der Waals surface area contributed by atoms with Crippen molar-refractivity contribution >= 4 is 11.7 Å². The summed E-state index contributed by atoms with van der Waals surface area (Å²) in [4.78, 5) is 25.4. The van der Waals surface area contributed by atoms with Crippen molar-refractivity contribution in [3.63, 3.8) is 0 Å². The zero-order chi connectivity index (χ0) is 20.1. The molecule has 0 N–H and O–H groups in total. The maximum Gasteiger partial charge on any atom is 0.223 e. The van der Waals surface area contributed by atoms with Crippen molar-refractivity contribution in [2.24, 2.45) is 0 Å². The molecule has 8 heteroatoms. The van der Waals surface area contributed by atoms with E-state index in [1.165, 1.54) is 0 Å². The number of hydrogen-bond donors (Lipinski definition) is 0. The molecule has 29 heavy (non-hydrogen) atoms. The van der Waals surface area contributed by atoms with E-state index in [4.69, 9.17) is 4.74 Å². The highest BCUT2D eigenvalue weighted by molar-refractivity contribution is 5.76. The Morgan fingerprint density at radius 1 is 1.07 bits per heavy atom. The van der Waals surface area contributed by atoms with Crippen LogP contribution >= 0.6 is 0 Å². The van der Waals surface area contributed by atoms with Gasteiger partial charge in [-0.15, -0.1) is 0 Å². The van der Waals surface area contributed by atoms with Crippen LogP contribution in [0, 0.1) is 0 Å². The minimum atomic E-state index is 0.195. The molecule has 0 radical (unpaired) electrons. The second-order valence-electron chi connectivity index (χ2n) is 6.90. The molecule has 4 rings (SSSR count). The van der Waals surface area contributed by atoms with Gasteiger partial charge in [0.1, 0.15) is 17.9 Å². The highest BCUT2D eigenvalue weighted by atomic mass is 16.5. The van der Waals surface area contributed by atoms with Crippen LogP contribution in [-0.4, -0.2) is 63.8 Å². The van der Waals surface area contributed by atoms with Crippen molar-refractivity contribution in [2.75, 3.05) is 38.2 Å². The van der Waals surface area contributed by atoms with E-state index in [0.29, 0.717) is 19.5 Å². The fourth-order valence-corrected chi connectivity index (χ4v) is 3.43. The molecule has 8 nitrogen and oxygen atoms in total. The summed E-state index contributed by atoms with van der Waals surface area (Å²) >= 11 is 0. The molecule has 0 unspecified atom stereocenters. The molecule has 3 aromatic rings. The van der Waals surface area contributed by atoms with Gasteiger partial charge in [0.15, 0.2) is 5.82 Å². The third-order valence-electron chi connectivity index (χ3n) is 5.12.